The van der Waals surface area contributed by atoms with Crippen molar-refractivity contribution < 1.29 is 8.42 Å². The molecule has 0 radical (unpaired) electrons. The number of nitrogens with zero attached hydrogens (tertiary/aromatic N) is 2. The van der Waals surface area contributed by atoms with E-state index in [-0.39, 0.29) is 12.1 Å². The minimum Gasteiger partial charge on any atom is -0.315 e. The molecular formula is C13H25N3O2S. The Balaban J connectivity index is 1.79. The van der Waals surface area contributed by atoms with Crippen LogP contribution in [-0.4, -0.2) is 55.3 Å². The van der Waals surface area contributed by atoms with Gasteiger partial charge in [-0.3, -0.25) is 0 Å². The van der Waals surface area contributed by atoms with Crippen molar-refractivity contribution in [3.05, 3.63) is 0 Å². The molecule has 5 nitrogen and oxygen atoms in total. The van der Waals surface area contributed by atoms with Crippen LogP contribution >= 0.6 is 0 Å². The Bertz CT molecular complexity index is 420. The Kier molecular flexibility index (Phi) is 3.86. The molecule has 3 atom stereocenters. The molecule has 2 aliphatic heterocycles. The normalized spacial score (nSPS) is 35.6. The van der Waals surface area contributed by atoms with Crippen molar-refractivity contribution in [3.8, 4) is 0 Å². The van der Waals surface area contributed by atoms with E-state index in [1.54, 1.807) is 8.61 Å². The number of hydrogen-bond donors (Lipinski definition) is 1. The molecule has 6 heteroatoms. The fourth-order valence-corrected chi connectivity index (χ4v) is 6.10. The zero-order valence-corrected chi connectivity index (χ0v) is 12.5. The number of nitrogens with one attached hydrogen (secondary N) is 1. The zero-order chi connectivity index (χ0) is 13.5. The summed E-state index contributed by atoms with van der Waals surface area (Å²) in [5, 5.41) is 3.28. The second kappa shape index (κ2) is 5.31. The van der Waals surface area contributed by atoms with E-state index >= 15 is 0 Å². The van der Waals surface area contributed by atoms with E-state index in [0.29, 0.717) is 12.5 Å². The smallest absolute Gasteiger partial charge is 0.282 e. The van der Waals surface area contributed by atoms with Gasteiger partial charge in [-0.05, 0) is 44.6 Å². The summed E-state index contributed by atoms with van der Waals surface area (Å²) >= 11 is 0. The van der Waals surface area contributed by atoms with Crippen LogP contribution in [0.1, 0.15) is 39.0 Å². The fraction of sp³-hybridized carbons (Fsp3) is 1.00. The largest absolute Gasteiger partial charge is 0.315 e. The van der Waals surface area contributed by atoms with Crippen LogP contribution in [0.25, 0.3) is 0 Å². The zero-order valence-electron chi connectivity index (χ0n) is 11.7. The SMILES string of the molecule is CCCN(C1CCNC1)S(=O)(=O)N1CC2CCC1C2. The Hall–Kier alpha value is -0.170. The molecule has 1 saturated carbocycles. The highest BCUT2D eigenvalue weighted by molar-refractivity contribution is 7.86. The Labute approximate surface area is 116 Å². The summed E-state index contributed by atoms with van der Waals surface area (Å²) in [6.07, 6.45) is 5.20. The van der Waals surface area contributed by atoms with Gasteiger partial charge in [0, 0.05) is 31.7 Å². The van der Waals surface area contributed by atoms with Crippen molar-refractivity contribution in [3.63, 3.8) is 0 Å². The molecule has 3 fully saturated rings. The van der Waals surface area contributed by atoms with Crippen molar-refractivity contribution >= 4 is 10.2 Å². The quantitative estimate of drug-likeness (QED) is 0.813. The van der Waals surface area contributed by atoms with Crippen LogP contribution in [0, 0.1) is 5.92 Å². The lowest BCUT2D eigenvalue weighted by Crippen LogP contribution is -2.51. The lowest BCUT2D eigenvalue weighted by molar-refractivity contribution is 0.266. The molecule has 0 aromatic rings. The van der Waals surface area contributed by atoms with Gasteiger partial charge in [0.1, 0.15) is 0 Å². The Morgan fingerprint density at radius 1 is 1.32 bits per heavy atom. The summed E-state index contributed by atoms with van der Waals surface area (Å²) < 4.78 is 29.4. The Morgan fingerprint density at radius 3 is 2.68 bits per heavy atom. The van der Waals surface area contributed by atoms with Crippen LogP contribution < -0.4 is 5.32 Å². The molecule has 0 aromatic carbocycles. The fourth-order valence-electron chi connectivity index (χ4n) is 3.89. The lowest BCUT2D eigenvalue weighted by atomic mass is 10.1. The van der Waals surface area contributed by atoms with E-state index in [4.69, 9.17) is 0 Å². The van der Waals surface area contributed by atoms with Gasteiger partial charge in [0.15, 0.2) is 0 Å². The van der Waals surface area contributed by atoms with E-state index in [9.17, 15) is 8.42 Å². The highest BCUT2D eigenvalue weighted by Gasteiger charge is 2.47. The second-order valence-corrected chi connectivity index (χ2v) is 8.00. The van der Waals surface area contributed by atoms with E-state index in [2.05, 4.69) is 12.2 Å². The molecule has 2 bridgehead atoms. The maximum atomic E-state index is 12.9. The number of rotatable bonds is 5. The third-order valence-corrected chi connectivity index (χ3v) is 6.95. The van der Waals surface area contributed by atoms with Gasteiger partial charge in [0.2, 0.25) is 0 Å². The van der Waals surface area contributed by atoms with Gasteiger partial charge >= 0.3 is 0 Å². The molecular weight excluding hydrogens is 262 g/mol. The van der Waals surface area contributed by atoms with Gasteiger partial charge < -0.3 is 5.32 Å². The van der Waals surface area contributed by atoms with Crippen LogP contribution in [0.5, 0.6) is 0 Å². The van der Waals surface area contributed by atoms with E-state index in [0.717, 1.165) is 45.3 Å². The monoisotopic (exact) mass is 287 g/mol. The van der Waals surface area contributed by atoms with Gasteiger partial charge in [-0.25, -0.2) is 0 Å². The molecule has 0 aromatic heterocycles. The summed E-state index contributed by atoms with van der Waals surface area (Å²) in [5.41, 5.74) is 0. The predicted molar refractivity (Wildman–Crippen MR) is 75.0 cm³/mol. The summed E-state index contributed by atoms with van der Waals surface area (Å²) in [5.74, 6) is 0.616. The molecule has 2 heterocycles. The van der Waals surface area contributed by atoms with E-state index in [1.165, 1.54) is 6.42 Å². The van der Waals surface area contributed by atoms with Crippen LogP contribution in [0.2, 0.25) is 0 Å². The molecule has 3 rings (SSSR count). The molecule has 0 amide bonds. The number of fused-ring (bicyclic) bond motifs is 2. The van der Waals surface area contributed by atoms with Gasteiger partial charge in [-0.15, -0.1) is 0 Å². The van der Waals surface area contributed by atoms with Gasteiger partial charge in [-0.2, -0.15) is 17.0 Å². The van der Waals surface area contributed by atoms with Crippen molar-refractivity contribution in [2.24, 2.45) is 5.92 Å². The average Bonchev–Trinajstić information content (AvgIpc) is 3.11. The van der Waals surface area contributed by atoms with Crippen molar-refractivity contribution in [2.45, 2.75) is 51.1 Å². The molecule has 2 saturated heterocycles. The molecule has 1 N–H and O–H groups in total. The van der Waals surface area contributed by atoms with Crippen LogP contribution in [0.3, 0.4) is 0 Å². The third kappa shape index (κ3) is 2.44. The highest BCUT2D eigenvalue weighted by atomic mass is 32.2. The van der Waals surface area contributed by atoms with Crippen LogP contribution in [0.4, 0.5) is 0 Å². The van der Waals surface area contributed by atoms with Crippen molar-refractivity contribution in [2.75, 3.05) is 26.2 Å². The van der Waals surface area contributed by atoms with Gasteiger partial charge in [0.25, 0.3) is 10.2 Å². The Morgan fingerprint density at radius 2 is 2.16 bits per heavy atom. The topological polar surface area (TPSA) is 52.7 Å². The first-order valence-corrected chi connectivity index (χ1v) is 9.02. The molecule has 3 unspecified atom stereocenters. The molecule has 1 aliphatic carbocycles. The van der Waals surface area contributed by atoms with Crippen LogP contribution in [0.15, 0.2) is 0 Å². The lowest BCUT2D eigenvalue weighted by Gasteiger charge is -2.35. The maximum absolute atomic E-state index is 12.9. The number of piperidine rings is 1. The molecule has 19 heavy (non-hydrogen) atoms. The first-order chi connectivity index (χ1) is 9.13. The standard InChI is InChI=1S/C13H25N3O2S/c1-2-7-15(13-5-6-14-9-13)19(17,18)16-10-11-3-4-12(16)8-11/h11-14H,2-10H2,1H3. The molecule has 3 aliphatic rings. The highest BCUT2D eigenvalue weighted by Crippen LogP contribution is 2.40. The number of hydrogen-bond acceptors (Lipinski definition) is 3. The first-order valence-electron chi connectivity index (χ1n) is 7.62. The predicted octanol–water partition coefficient (Wildman–Crippen LogP) is 0.789. The summed E-state index contributed by atoms with van der Waals surface area (Å²) in [4.78, 5) is 0. The summed E-state index contributed by atoms with van der Waals surface area (Å²) in [7, 11) is -3.25. The van der Waals surface area contributed by atoms with Gasteiger partial charge in [0.05, 0.1) is 0 Å². The van der Waals surface area contributed by atoms with E-state index < -0.39 is 10.2 Å². The summed E-state index contributed by atoms with van der Waals surface area (Å²) in [6.45, 7) is 5.21. The minimum absolute atomic E-state index is 0.157. The molecule has 110 valence electrons. The maximum Gasteiger partial charge on any atom is 0.282 e. The second-order valence-electron chi connectivity index (χ2n) is 6.17. The first kappa shape index (κ1) is 13.8. The minimum atomic E-state index is -3.25. The average molecular weight is 287 g/mol. The van der Waals surface area contributed by atoms with Crippen molar-refractivity contribution in [1.29, 1.82) is 0 Å². The van der Waals surface area contributed by atoms with Gasteiger partial charge in [-0.1, -0.05) is 6.92 Å². The van der Waals surface area contributed by atoms with Crippen molar-refractivity contribution in [1.82, 2.24) is 13.9 Å². The van der Waals surface area contributed by atoms with Crippen LogP contribution in [-0.2, 0) is 10.2 Å². The summed E-state index contributed by atoms with van der Waals surface area (Å²) in [6, 6.07) is 0.438. The third-order valence-electron chi connectivity index (χ3n) is 4.84. The molecule has 0 spiro atoms. The van der Waals surface area contributed by atoms with E-state index in [1.807, 2.05) is 0 Å².